The van der Waals surface area contributed by atoms with E-state index < -0.39 is 35.9 Å². The number of alkyl halides is 3. The molecule has 2 N–H and O–H groups in total. The molecule has 0 radical (unpaired) electrons. The summed E-state index contributed by atoms with van der Waals surface area (Å²) in [5, 5.41) is 3.70. The highest BCUT2D eigenvalue weighted by atomic mass is 19.4. The van der Waals surface area contributed by atoms with Crippen molar-refractivity contribution in [1.29, 1.82) is 0 Å². The molecule has 1 aromatic heterocycles. The molecule has 0 aromatic carbocycles. The Balaban J connectivity index is 2.23. The van der Waals surface area contributed by atoms with Crippen molar-refractivity contribution in [2.75, 3.05) is 18.0 Å². The van der Waals surface area contributed by atoms with Gasteiger partial charge in [0.15, 0.2) is 0 Å². The van der Waals surface area contributed by atoms with Crippen molar-refractivity contribution in [3.63, 3.8) is 0 Å². The average Bonchev–Trinajstić information content (AvgIpc) is 2.93. The van der Waals surface area contributed by atoms with Gasteiger partial charge in [-0.1, -0.05) is 20.8 Å². The zero-order valence-corrected chi connectivity index (χ0v) is 11.9. The molecule has 0 aliphatic carbocycles. The minimum atomic E-state index is -4.50. The summed E-state index contributed by atoms with van der Waals surface area (Å²) in [6.45, 7) is 4.97. The molecule has 1 aromatic rings. The summed E-state index contributed by atoms with van der Waals surface area (Å²) in [6.07, 6.45) is -4.50. The topological polar surface area (TPSA) is 85.3 Å². The molecule has 1 aliphatic heterocycles. The first-order chi connectivity index (χ1) is 9.50. The Kier molecular flexibility index (Phi) is 3.63. The van der Waals surface area contributed by atoms with Gasteiger partial charge in [-0.05, 0) is 5.16 Å². The minimum absolute atomic E-state index is 0.0536. The van der Waals surface area contributed by atoms with Crippen LogP contribution in [0.1, 0.15) is 26.7 Å². The summed E-state index contributed by atoms with van der Waals surface area (Å²) in [4.78, 5) is 16.6. The number of nitrogens with zero attached hydrogens (tertiary/aromatic N) is 3. The van der Waals surface area contributed by atoms with Crippen LogP contribution in [0.2, 0.25) is 0 Å². The molecular formula is C12H17F3N4O2. The number of hydrogen-bond acceptors (Lipinski definition) is 5. The average molecular weight is 306 g/mol. The number of nitrogens with two attached hydrogens (primary N) is 1. The Labute approximate surface area is 119 Å². The van der Waals surface area contributed by atoms with Gasteiger partial charge >= 0.3 is 6.18 Å². The Bertz CT molecular complexity index is 535. The van der Waals surface area contributed by atoms with Gasteiger partial charge in [0.2, 0.25) is 11.8 Å². The van der Waals surface area contributed by atoms with Gasteiger partial charge in [0, 0.05) is 18.5 Å². The molecule has 2 heterocycles. The lowest BCUT2D eigenvalue weighted by Gasteiger charge is -2.18. The summed E-state index contributed by atoms with van der Waals surface area (Å²) in [6, 6.07) is 0. The van der Waals surface area contributed by atoms with E-state index in [1.807, 2.05) is 20.8 Å². The number of halogens is 3. The van der Waals surface area contributed by atoms with Gasteiger partial charge < -0.3 is 15.2 Å². The van der Waals surface area contributed by atoms with Crippen LogP contribution in [0, 0.1) is 11.8 Å². The number of amides is 1. The van der Waals surface area contributed by atoms with Crippen molar-refractivity contribution in [1.82, 2.24) is 10.1 Å². The van der Waals surface area contributed by atoms with E-state index in [0.29, 0.717) is 5.89 Å². The van der Waals surface area contributed by atoms with E-state index in [9.17, 15) is 18.0 Å². The third kappa shape index (κ3) is 3.11. The van der Waals surface area contributed by atoms with Crippen LogP contribution in [0.15, 0.2) is 4.52 Å². The molecule has 2 atom stereocenters. The predicted octanol–water partition coefficient (Wildman–Crippen LogP) is 1.47. The van der Waals surface area contributed by atoms with Crippen LogP contribution < -0.4 is 10.6 Å². The lowest BCUT2D eigenvalue weighted by Crippen LogP contribution is -2.37. The number of aromatic nitrogens is 2. The van der Waals surface area contributed by atoms with Gasteiger partial charge in [0.1, 0.15) is 0 Å². The number of anilines is 1. The molecule has 1 fully saturated rings. The van der Waals surface area contributed by atoms with E-state index in [4.69, 9.17) is 10.3 Å². The number of primary amides is 1. The second-order valence-corrected chi connectivity index (χ2v) is 6.21. The minimum Gasteiger partial charge on any atom is -0.369 e. The molecule has 21 heavy (non-hydrogen) atoms. The van der Waals surface area contributed by atoms with Gasteiger partial charge in [-0.3, -0.25) is 4.79 Å². The number of carbonyl (C=O) groups excluding carboxylic acids is 1. The normalized spacial score (nSPS) is 23.6. The van der Waals surface area contributed by atoms with Crippen LogP contribution in [0.4, 0.5) is 19.1 Å². The summed E-state index contributed by atoms with van der Waals surface area (Å²) in [7, 11) is 0. The molecule has 0 saturated carbocycles. The molecule has 118 valence electrons. The van der Waals surface area contributed by atoms with E-state index in [1.165, 1.54) is 4.90 Å². The summed E-state index contributed by atoms with van der Waals surface area (Å²) < 4.78 is 43.9. The first-order valence-electron chi connectivity index (χ1n) is 6.45. The van der Waals surface area contributed by atoms with Gasteiger partial charge in [-0.15, -0.1) is 0 Å². The van der Waals surface area contributed by atoms with Crippen molar-refractivity contribution in [3.05, 3.63) is 5.89 Å². The van der Waals surface area contributed by atoms with E-state index >= 15 is 0 Å². The second-order valence-electron chi connectivity index (χ2n) is 6.21. The fourth-order valence-electron chi connectivity index (χ4n) is 2.24. The van der Waals surface area contributed by atoms with Gasteiger partial charge in [-0.25, -0.2) is 0 Å². The maximum absolute atomic E-state index is 13.0. The maximum atomic E-state index is 13.0. The molecule has 0 spiro atoms. The Morgan fingerprint density at radius 1 is 1.33 bits per heavy atom. The zero-order valence-electron chi connectivity index (χ0n) is 11.9. The summed E-state index contributed by atoms with van der Waals surface area (Å²) >= 11 is 0. The molecule has 6 nitrogen and oxygen atoms in total. The molecule has 0 unspecified atom stereocenters. The number of carbonyl (C=O) groups is 1. The molecule has 9 heteroatoms. The lowest BCUT2D eigenvalue weighted by atomic mass is 9.95. The van der Waals surface area contributed by atoms with Crippen molar-refractivity contribution < 1.29 is 22.5 Å². The number of rotatable bonds is 2. The molecule has 1 saturated heterocycles. The maximum Gasteiger partial charge on any atom is 0.394 e. The summed E-state index contributed by atoms with van der Waals surface area (Å²) in [5.74, 6) is -3.71. The molecular weight excluding hydrogens is 289 g/mol. The molecule has 1 amide bonds. The SMILES string of the molecule is CC(C)(C)c1nc(N2C[C@@H](C(F)(F)F)[C@H](C(N)=O)C2)no1. The second kappa shape index (κ2) is 4.88. The van der Waals surface area contributed by atoms with Crippen LogP contribution in [0.3, 0.4) is 0 Å². The third-order valence-corrected chi connectivity index (χ3v) is 3.45. The monoisotopic (exact) mass is 306 g/mol. The lowest BCUT2D eigenvalue weighted by molar-refractivity contribution is -0.181. The highest BCUT2D eigenvalue weighted by Gasteiger charge is 2.52. The largest absolute Gasteiger partial charge is 0.394 e. The molecule has 1 aliphatic rings. The van der Waals surface area contributed by atoms with Gasteiger partial charge in [0.05, 0.1) is 11.8 Å². The van der Waals surface area contributed by atoms with E-state index in [2.05, 4.69) is 10.1 Å². The Morgan fingerprint density at radius 2 is 1.95 bits per heavy atom. The highest BCUT2D eigenvalue weighted by molar-refractivity contribution is 5.78. The highest BCUT2D eigenvalue weighted by Crippen LogP contribution is 2.38. The van der Waals surface area contributed by atoms with E-state index in [0.717, 1.165) is 0 Å². The fraction of sp³-hybridized carbons (Fsp3) is 0.750. The Hall–Kier alpha value is -1.80. The standard InChI is InChI=1S/C12H17F3N4O2/c1-11(2,3)9-17-10(18-21-9)19-4-6(8(16)20)7(5-19)12(13,14)15/h6-7H,4-5H2,1-3H3,(H2,16,20)/t6-,7-/m1/s1. The smallest absolute Gasteiger partial charge is 0.369 e. The van der Waals surface area contributed by atoms with Gasteiger partial charge in [0.25, 0.3) is 5.95 Å². The third-order valence-electron chi connectivity index (χ3n) is 3.45. The number of hydrogen-bond donors (Lipinski definition) is 1. The van der Waals surface area contributed by atoms with Crippen LogP contribution in [0.5, 0.6) is 0 Å². The predicted molar refractivity (Wildman–Crippen MR) is 67.4 cm³/mol. The van der Waals surface area contributed by atoms with E-state index in [1.54, 1.807) is 0 Å². The van der Waals surface area contributed by atoms with E-state index in [-0.39, 0.29) is 12.5 Å². The van der Waals surface area contributed by atoms with Crippen molar-refractivity contribution >= 4 is 11.9 Å². The van der Waals surface area contributed by atoms with Crippen molar-refractivity contribution in [2.45, 2.75) is 32.4 Å². The summed E-state index contributed by atoms with van der Waals surface area (Å²) in [5.41, 5.74) is 4.66. The van der Waals surface area contributed by atoms with Crippen LogP contribution in [-0.2, 0) is 10.2 Å². The molecule has 2 rings (SSSR count). The fourth-order valence-corrected chi connectivity index (χ4v) is 2.24. The Morgan fingerprint density at radius 3 is 2.33 bits per heavy atom. The first-order valence-corrected chi connectivity index (χ1v) is 6.45. The molecule has 0 bridgehead atoms. The zero-order chi connectivity index (χ0) is 16.0. The van der Waals surface area contributed by atoms with Crippen molar-refractivity contribution in [2.24, 2.45) is 17.6 Å². The van der Waals surface area contributed by atoms with Crippen molar-refractivity contribution in [3.8, 4) is 0 Å². The first kappa shape index (κ1) is 15.6. The van der Waals surface area contributed by atoms with Crippen LogP contribution >= 0.6 is 0 Å². The quantitative estimate of drug-likeness (QED) is 0.894. The van der Waals surface area contributed by atoms with Gasteiger partial charge in [-0.2, -0.15) is 18.2 Å². The van der Waals surface area contributed by atoms with Crippen LogP contribution in [-0.4, -0.2) is 35.3 Å². The van der Waals surface area contributed by atoms with Crippen LogP contribution in [0.25, 0.3) is 0 Å².